The molecule has 136 valence electrons. The van der Waals surface area contributed by atoms with Crippen LogP contribution in [0, 0.1) is 6.92 Å². The van der Waals surface area contributed by atoms with Gasteiger partial charge < -0.3 is 24.6 Å². The molecule has 2 N–H and O–H groups in total. The number of phenolic OH excluding ortho intramolecular Hbond substituents is 1. The van der Waals surface area contributed by atoms with E-state index in [9.17, 15) is 5.11 Å². The average Bonchev–Trinajstić information content (AvgIpc) is 2.64. The molecule has 0 spiro atoms. The van der Waals surface area contributed by atoms with E-state index < -0.39 is 0 Å². The number of nitrogens with one attached hydrogen (secondary N) is 1. The van der Waals surface area contributed by atoms with Gasteiger partial charge in [-0.3, -0.25) is 0 Å². The lowest BCUT2D eigenvalue weighted by Gasteiger charge is -2.14. The number of aryl methyl sites for hydroxylation is 1. The molecule has 1 aromatic heterocycles. The second-order valence-electron chi connectivity index (χ2n) is 5.71. The molecule has 0 fully saturated rings. The Balaban J connectivity index is 1.97. The highest BCUT2D eigenvalue weighted by Gasteiger charge is 2.12. The predicted octanol–water partition coefficient (Wildman–Crippen LogP) is 3.42. The van der Waals surface area contributed by atoms with E-state index in [4.69, 9.17) is 14.2 Å². The summed E-state index contributed by atoms with van der Waals surface area (Å²) in [6.07, 6.45) is 1.48. The molecule has 0 amide bonds. The molecule has 0 saturated carbocycles. The molecule has 0 saturated heterocycles. The number of hydrogen-bond acceptors (Lipinski definition) is 7. The SMILES string of the molecule is COCCOc1cc2ncnc(Nc3ccc(C)c(O)c3)c2cc1OC. The van der Waals surface area contributed by atoms with E-state index in [-0.39, 0.29) is 5.75 Å². The van der Waals surface area contributed by atoms with Gasteiger partial charge in [-0.25, -0.2) is 9.97 Å². The Morgan fingerprint density at radius 3 is 2.62 bits per heavy atom. The molecule has 0 aliphatic carbocycles. The third-order valence-corrected chi connectivity index (χ3v) is 3.94. The third kappa shape index (κ3) is 3.78. The number of methoxy groups -OCH3 is 2. The normalized spacial score (nSPS) is 10.7. The van der Waals surface area contributed by atoms with Crippen LogP contribution in [0.3, 0.4) is 0 Å². The summed E-state index contributed by atoms with van der Waals surface area (Å²) in [4.78, 5) is 8.63. The zero-order chi connectivity index (χ0) is 18.5. The van der Waals surface area contributed by atoms with Gasteiger partial charge in [0.25, 0.3) is 0 Å². The molecule has 1 heterocycles. The second-order valence-corrected chi connectivity index (χ2v) is 5.71. The maximum Gasteiger partial charge on any atom is 0.163 e. The summed E-state index contributed by atoms with van der Waals surface area (Å²) in [6.45, 7) is 2.74. The fourth-order valence-electron chi connectivity index (χ4n) is 2.49. The van der Waals surface area contributed by atoms with Gasteiger partial charge in [0, 0.05) is 30.3 Å². The number of hydrogen-bond donors (Lipinski definition) is 2. The number of benzene rings is 2. The third-order valence-electron chi connectivity index (χ3n) is 3.94. The van der Waals surface area contributed by atoms with E-state index in [0.29, 0.717) is 36.0 Å². The van der Waals surface area contributed by atoms with E-state index >= 15 is 0 Å². The number of anilines is 2. The molecule has 7 heteroatoms. The van der Waals surface area contributed by atoms with Crippen molar-refractivity contribution < 1.29 is 19.3 Å². The topological polar surface area (TPSA) is 85.7 Å². The van der Waals surface area contributed by atoms with Crippen molar-refractivity contribution in [3.63, 3.8) is 0 Å². The van der Waals surface area contributed by atoms with Gasteiger partial charge in [0.15, 0.2) is 11.5 Å². The maximum absolute atomic E-state index is 9.89. The lowest BCUT2D eigenvalue weighted by Crippen LogP contribution is -2.05. The summed E-state index contributed by atoms with van der Waals surface area (Å²) in [5.74, 6) is 2.01. The Kier molecular flexibility index (Phi) is 5.38. The first kappa shape index (κ1) is 17.8. The van der Waals surface area contributed by atoms with Crippen LogP contribution in [-0.2, 0) is 4.74 Å². The number of aromatic nitrogens is 2. The Labute approximate surface area is 151 Å². The number of ether oxygens (including phenoxy) is 3. The average molecular weight is 355 g/mol. The Bertz CT molecular complexity index is 915. The molecule has 0 aliphatic heterocycles. The van der Waals surface area contributed by atoms with Crippen molar-refractivity contribution in [2.24, 2.45) is 0 Å². The smallest absolute Gasteiger partial charge is 0.163 e. The highest BCUT2D eigenvalue weighted by molar-refractivity contribution is 5.93. The summed E-state index contributed by atoms with van der Waals surface area (Å²) in [6, 6.07) is 9.01. The molecule has 0 unspecified atom stereocenters. The number of fused-ring (bicyclic) bond motifs is 1. The van der Waals surface area contributed by atoms with Gasteiger partial charge in [-0.15, -0.1) is 0 Å². The first-order valence-electron chi connectivity index (χ1n) is 8.13. The van der Waals surface area contributed by atoms with E-state index in [1.165, 1.54) is 6.33 Å². The van der Waals surface area contributed by atoms with Crippen molar-refractivity contribution in [1.29, 1.82) is 0 Å². The van der Waals surface area contributed by atoms with Crippen LogP contribution in [0.5, 0.6) is 17.2 Å². The lowest BCUT2D eigenvalue weighted by molar-refractivity contribution is 0.144. The summed E-state index contributed by atoms with van der Waals surface area (Å²) >= 11 is 0. The summed E-state index contributed by atoms with van der Waals surface area (Å²) in [5.41, 5.74) is 2.25. The minimum Gasteiger partial charge on any atom is -0.508 e. The number of aromatic hydroxyl groups is 1. The van der Waals surface area contributed by atoms with Gasteiger partial charge in [0.2, 0.25) is 0 Å². The first-order chi connectivity index (χ1) is 12.6. The van der Waals surface area contributed by atoms with Crippen molar-refractivity contribution in [2.75, 3.05) is 32.8 Å². The molecular formula is C19H21N3O4. The molecule has 3 rings (SSSR count). The molecule has 3 aromatic rings. The van der Waals surface area contributed by atoms with E-state index in [2.05, 4.69) is 15.3 Å². The highest BCUT2D eigenvalue weighted by Crippen LogP contribution is 2.35. The standard InChI is InChI=1S/C19H21N3O4/c1-12-4-5-13(8-16(12)23)22-19-14-9-17(25-3)18(26-7-6-24-2)10-15(14)20-11-21-19/h4-5,8-11,23H,6-7H2,1-3H3,(H,20,21,22). The molecule has 0 atom stereocenters. The van der Waals surface area contributed by atoms with Crippen molar-refractivity contribution in [3.8, 4) is 17.2 Å². The zero-order valence-corrected chi connectivity index (χ0v) is 14.9. The van der Waals surface area contributed by atoms with E-state index in [1.807, 2.05) is 31.2 Å². The summed E-state index contributed by atoms with van der Waals surface area (Å²) in [5, 5.41) is 13.9. The zero-order valence-electron chi connectivity index (χ0n) is 14.9. The fraction of sp³-hybridized carbons (Fsp3) is 0.263. The predicted molar refractivity (Wildman–Crippen MR) is 99.6 cm³/mol. The van der Waals surface area contributed by atoms with Crippen molar-refractivity contribution >= 4 is 22.4 Å². The van der Waals surface area contributed by atoms with Crippen LogP contribution >= 0.6 is 0 Å². The molecule has 7 nitrogen and oxygen atoms in total. The van der Waals surface area contributed by atoms with Gasteiger partial charge in [-0.1, -0.05) is 6.07 Å². The fourth-order valence-corrected chi connectivity index (χ4v) is 2.49. The van der Waals surface area contributed by atoms with Gasteiger partial charge in [-0.2, -0.15) is 0 Å². The van der Waals surface area contributed by atoms with E-state index in [0.717, 1.165) is 16.6 Å². The number of phenols is 1. The lowest BCUT2D eigenvalue weighted by atomic mass is 10.2. The van der Waals surface area contributed by atoms with Crippen molar-refractivity contribution in [3.05, 3.63) is 42.2 Å². The quantitative estimate of drug-likeness (QED) is 0.628. The van der Waals surface area contributed by atoms with E-state index in [1.54, 1.807) is 20.3 Å². The van der Waals surface area contributed by atoms with Crippen molar-refractivity contribution in [2.45, 2.75) is 6.92 Å². The van der Waals surface area contributed by atoms with Crippen LogP contribution in [0.25, 0.3) is 10.9 Å². The largest absolute Gasteiger partial charge is 0.508 e. The maximum atomic E-state index is 9.89. The van der Waals surface area contributed by atoms with Crippen LogP contribution in [0.2, 0.25) is 0 Å². The minimum absolute atomic E-state index is 0.222. The molecule has 2 aromatic carbocycles. The van der Waals surface area contributed by atoms with Crippen molar-refractivity contribution in [1.82, 2.24) is 9.97 Å². The van der Waals surface area contributed by atoms with Crippen LogP contribution in [0.15, 0.2) is 36.7 Å². The number of nitrogens with zero attached hydrogens (tertiary/aromatic N) is 2. The first-order valence-corrected chi connectivity index (χ1v) is 8.13. The molecule has 0 bridgehead atoms. The Hall–Kier alpha value is -3.06. The Morgan fingerprint density at radius 2 is 1.88 bits per heavy atom. The monoisotopic (exact) mass is 355 g/mol. The summed E-state index contributed by atoms with van der Waals surface area (Å²) < 4.78 is 16.1. The van der Waals surface area contributed by atoms with Gasteiger partial charge in [0.05, 0.1) is 19.2 Å². The second kappa shape index (κ2) is 7.88. The summed E-state index contributed by atoms with van der Waals surface area (Å²) in [7, 11) is 3.20. The highest BCUT2D eigenvalue weighted by atomic mass is 16.5. The molecule has 0 radical (unpaired) electrons. The van der Waals surface area contributed by atoms with Crippen LogP contribution in [0.1, 0.15) is 5.56 Å². The number of rotatable bonds is 7. The van der Waals surface area contributed by atoms with Crippen LogP contribution < -0.4 is 14.8 Å². The van der Waals surface area contributed by atoms with Crippen LogP contribution in [-0.4, -0.2) is 42.5 Å². The molecule has 0 aliphatic rings. The molecular weight excluding hydrogens is 334 g/mol. The Morgan fingerprint density at radius 1 is 1.04 bits per heavy atom. The minimum atomic E-state index is 0.222. The molecule has 26 heavy (non-hydrogen) atoms. The van der Waals surface area contributed by atoms with Crippen LogP contribution in [0.4, 0.5) is 11.5 Å². The van der Waals surface area contributed by atoms with Gasteiger partial charge >= 0.3 is 0 Å². The van der Waals surface area contributed by atoms with Gasteiger partial charge in [-0.05, 0) is 24.6 Å². The van der Waals surface area contributed by atoms with Gasteiger partial charge in [0.1, 0.15) is 24.5 Å².